The average Bonchev–Trinajstić information content (AvgIpc) is 2.83. The minimum Gasteiger partial charge on any atom is -0.408 e. The van der Waals surface area contributed by atoms with Gasteiger partial charge in [-0.05, 0) is 12.8 Å². The number of rotatable bonds is 4. The molecule has 0 aliphatic heterocycles. The molecule has 0 amide bonds. The topological polar surface area (TPSA) is 77.0 Å². The zero-order valence-electron chi connectivity index (χ0n) is 8.34. The first-order chi connectivity index (χ1) is 7.47. The SMILES string of the molecule is NCCc1nnc(NC2(C(F)(F)F)CC2)o1. The van der Waals surface area contributed by atoms with E-state index < -0.39 is 11.7 Å². The Bertz CT molecular complexity index is 372. The number of nitrogens with two attached hydrogens (primary N) is 1. The van der Waals surface area contributed by atoms with E-state index >= 15 is 0 Å². The number of anilines is 1. The van der Waals surface area contributed by atoms with E-state index in [1.165, 1.54) is 0 Å². The average molecular weight is 236 g/mol. The maximum atomic E-state index is 12.6. The van der Waals surface area contributed by atoms with Crippen molar-refractivity contribution in [2.45, 2.75) is 31.0 Å². The molecule has 0 bridgehead atoms. The molecule has 2 rings (SSSR count). The van der Waals surface area contributed by atoms with Gasteiger partial charge < -0.3 is 15.5 Å². The molecule has 0 spiro atoms. The minimum atomic E-state index is -4.30. The molecule has 90 valence electrons. The van der Waals surface area contributed by atoms with Gasteiger partial charge in [-0.15, -0.1) is 5.10 Å². The maximum absolute atomic E-state index is 12.6. The van der Waals surface area contributed by atoms with Gasteiger partial charge in [-0.2, -0.15) is 13.2 Å². The molecule has 1 aromatic heterocycles. The number of hydrogen-bond donors (Lipinski definition) is 2. The Balaban J connectivity index is 2.04. The zero-order chi connectivity index (χ0) is 11.8. The van der Waals surface area contributed by atoms with Crippen molar-refractivity contribution in [3.05, 3.63) is 5.89 Å². The van der Waals surface area contributed by atoms with E-state index in [1.54, 1.807) is 0 Å². The zero-order valence-corrected chi connectivity index (χ0v) is 8.34. The summed E-state index contributed by atoms with van der Waals surface area (Å²) in [5.74, 6) is 0.239. The Morgan fingerprint density at radius 2 is 2.06 bits per heavy atom. The predicted molar refractivity (Wildman–Crippen MR) is 48.7 cm³/mol. The van der Waals surface area contributed by atoms with Gasteiger partial charge in [0.2, 0.25) is 5.89 Å². The highest BCUT2D eigenvalue weighted by atomic mass is 19.4. The van der Waals surface area contributed by atoms with Gasteiger partial charge in [0.15, 0.2) is 0 Å². The lowest BCUT2D eigenvalue weighted by molar-refractivity contribution is -0.151. The van der Waals surface area contributed by atoms with E-state index in [-0.39, 0.29) is 24.7 Å². The van der Waals surface area contributed by atoms with Crippen molar-refractivity contribution < 1.29 is 17.6 Å². The van der Waals surface area contributed by atoms with Gasteiger partial charge >= 0.3 is 12.2 Å². The summed E-state index contributed by atoms with van der Waals surface area (Å²) in [4.78, 5) is 0. The molecule has 0 aromatic carbocycles. The quantitative estimate of drug-likeness (QED) is 0.817. The first kappa shape index (κ1) is 11.2. The number of halogens is 3. The van der Waals surface area contributed by atoms with Crippen LogP contribution in [0, 0.1) is 0 Å². The first-order valence-electron chi connectivity index (χ1n) is 4.84. The van der Waals surface area contributed by atoms with Crippen molar-refractivity contribution in [3.8, 4) is 0 Å². The maximum Gasteiger partial charge on any atom is 0.411 e. The summed E-state index contributed by atoms with van der Waals surface area (Å²) in [6.45, 7) is 0.312. The molecule has 5 nitrogen and oxygen atoms in total. The fraction of sp³-hybridized carbons (Fsp3) is 0.750. The molecule has 1 aliphatic rings. The molecule has 0 unspecified atom stereocenters. The second kappa shape index (κ2) is 3.62. The molecular weight excluding hydrogens is 225 g/mol. The molecule has 16 heavy (non-hydrogen) atoms. The second-order valence-electron chi connectivity index (χ2n) is 3.74. The summed E-state index contributed by atoms with van der Waals surface area (Å²) in [5, 5.41) is 9.31. The van der Waals surface area contributed by atoms with Gasteiger partial charge in [-0.1, -0.05) is 5.10 Å². The number of alkyl halides is 3. The van der Waals surface area contributed by atoms with Crippen molar-refractivity contribution >= 4 is 6.01 Å². The monoisotopic (exact) mass is 236 g/mol. The fourth-order valence-electron chi connectivity index (χ4n) is 1.34. The van der Waals surface area contributed by atoms with Crippen LogP contribution in [-0.4, -0.2) is 28.5 Å². The van der Waals surface area contributed by atoms with Gasteiger partial charge in [-0.25, -0.2) is 0 Å². The van der Waals surface area contributed by atoms with Crippen LogP contribution in [0.1, 0.15) is 18.7 Å². The number of hydrogen-bond acceptors (Lipinski definition) is 5. The molecule has 8 heteroatoms. The summed E-state index contributed by atoms with van der Waals surface area (Å²) in [7, 11) is 0. The van der Waals surface area contributed by atoms with Gasteiger partial charge in [0.05, 0.1) is 0 Å². The van der Waals surface area contributed by atoms with E-state index in [0.717, 1.165) is 0 Å². The Hall–Kier alpha value is -1.31. The van der Waals surface area contributed by atoms with Gasteiger partial charge in [0.25, 0.3) is 0 Å². The molecule has 0 radical (unpaired) electrons. The summed E-state index contributed by atoms with van der Waals surface area (Å²) in [6.07, 6.45) is -3.88. The Labute approximate surface area is 89.2 Å². The predicted octanol–water partition coefficient (Wildman–Crippen LogP) is 1.08. The fourth-order valence-corrected chi connectivity index (χ4v) is 1.34. The van der Waals surface area contributed by atoms with E-state index in [1.807, 2.05) is 0 Å². The van der Waals surface area contributed by atoms with Crippen molar-refractivity contribution in [1.29, 1.82) is 0 Å². The minimum absolute atomic E-state index is 0.0328. The number of aromatic nitrogens is 2. The van der Waals surface area contributed by atoms with E-state index in [9.17, 15) is 13.2 Å². The lowest BCUT2D eigenvalue weighted by atomic mass is 10.3. The second-order valence-corrected chi connectivity index (χ2v) is 3.74. The molecule has 0 saturated heterocycles. The van der Waals surface area contributed by atoms with Gasteiger partial charge in [-0.3, -0.25) is 0 Å². The molecule has 1 aliphatic carbocycles. The summed E-state index contributed by atoms with van der Waals surface area (Å²) >= 11 is 0. The molecule has 0 atom stereocenters. The van der Waals surface area contributed by atoms with E-state index in [2.05, 4.69) is 15.5 Å². The van der Waals surface area contributed by atoms with Crippen molar-refractivity contribution in [2.24, 2.45) is 5.73 Å². The Kier molecular flexibility index (Phi) is 2.53. The van der Waals surface area contributed by atoms with Gasteiger partial charge in [0.1, 0.15) is 5.54 Å². The molecular formula is C8H11F3N4O. The van der Waals surface area contributed by atoms with E-state index in [0.29, 0.717) is 13.0 Å². The smallest absolute Gasteiger partial charge is 0.408 e. The highest BCUT2D eigenvalue weighted by molar-refractivity contribution is 5.32. The molecule has 1 fully saturated rings. The third kappa shape index (κ3) is 1.97. The van der Waals surface area contributed by atoms with Crippen LogP contribution >= 0.6 is 0 Å². The summed E-state index contributed by atoms with van der Waals surface area (Å²) in [6, 6.07) is -0.196. The summed E-state index contributed by atoms with van der Waals surface area (Å²) in [5.41, 5.74) is 3.37. The van der Waals surface area contributed by atoms with Crippen LogP contribution in [0.25, 0.3) is 0 Å². The molecule has 1 aromatic rings. The lowest BCUT2D eigenvalue weighted by Crippen LogP contribution is -2.38. The third-order valence-corrected chi connectivity index (χ3v) is 2.46. The highest BCUT2D eigenvalue weighted by Crippen LogP contribution is 2.50. The highest BCUT2D eigenvalue weighted by Gasteiger charge is 2.64. The van der Waals surface area contributed by atoms with E-state index in [4.69, 9.17) is 10.2 Å². The number of nitrogens with one attached hydrogen (secondary N) is 1. The van der Waals surface area contributed by atoms with Crippen molar-refractivity contribution in [2.75, 3.05) is 11.9 Å². The summed E-state index contributed by atoms with van der Waals surface area (Å²) < 4.78 is 42.7. The third-order valence-electron chi connectivity index (χ3n) is 2.46. The van der Waals surface area contributed by atoms with Crippen LogP contribution in [0.5, 0.6) is 0 Å². The largest absolute Gasteiger partial charge is 0.411 e. The first-order valence-corrected chi connectivity index (χ1v) is 4.84. The van der Waals surface area contributed by atoms with Gasteiger partial charge in [0, 0.05) is 13.0 Å². The van der Waals surface area contributed by atoms with Crippen LogP contribution in [0.15, 0.2) is 4.42 Å². The van der Waals surface area contributed by atoms with Crippen molar-refractivity contribution in [3.63, 3.8) is 0 Å². The lowest BCUT2D eigenvalue weighted by Gasteiger charge is -2.18. The van der Waals surface area contributed by atoms with Crippen LogP contribution in [0.4, 0.5) is 19.2 Å². The van der Waals surface area contributed by atoms with Crippen LogP contribution in [0.2, 0.25) is 0 Å². The normalized spacial score (nSPS) is 18.5. The molecule has 1 heterocycles. The Morgan fingerprint density at radius 1 is 1.38 bits per heavy atom. The Morgan fingerprint density at radius 3 is 2.56 bits per heavy atom. The van der Waals surface area contributed by atoms with Crippen LogP contribution in [-0.2, 0) is 6.42 Å². The standard InChI is InChI=1S/C8H11F3N4O/c9-8(10,11)7(2-3-7)13-6-15-14-5(16-6)1-4-12/h1-4,12H2,(H,13,15). The van der Waals surface area contributed by atoms with Crippen LogP contribution in [0.3, 0.4) is 0 Å². The van der Waals surface area contributed by atoms with Crippen molar-refractivity contribution in [1.82, 2.24) is 10.2 Å². The van der Waals surface area contributed by atoms with Crippen LogP contribution < -0.4 is 11.1 Å². The number of nitrogens with zero attached hydrogens (tertiary/aromatic N) is 2. The molecule has 3 N–H and O–H groups in total. The molecule has 1 saturated carbocycles.